The van der Waals surface area contributed by atoms with Crippen molar-refractivity contribution >= 4 is 17.6 Å². The van der Waals surface area contributed by atoms with Crippen molar-refractivity contribution in [2.45, 2.75) is 116 Å². The van der Waals surface area contributed by atoms with Crippen LogP contribution in [0.15, 0.2) is 0 Å². The van der Waals surface area contributed by atoms with Gasteiger partial charge in [-0.1, -0.05) is 71.6 Å². The molecule has 0 aromatic carbocycles. The molecule has 0 aliphatic carbocycles. The van der Waals surface area contributed by atoms with Crippen molar-refractivity contribution in [1.29, 1.82) is 0 Å². The first-order valence-electron chi connectivity index (χ1n) is 10.00. The number of hydrogen-bond acceptors (Lipinski definition) is 2. The van der Waals surface area contributed by atoms with Crippen LogP contribution in [-0.4, -0.2) is 18.0 Å². The normalized spacial score (nSPS) is 12.3. The van der Waals surface area contributed by atoms with Gasteiger partial charge in [0.05, 0.1) is 0 Å². The molecular formula is C20H39ClO2. The minimum Gasteiger partial charge on any atom is -0.462 e. The van der Waals surface area contributed by atoms with Crippen molar-refractivity contribution < 1.29 is 9.53 Å². The first kappa shape index (κ1) is 22.8. The van der Waals surface area contributed by atoms with E-state index in [0.29, 0.717) is 12.3 Å². The molecule has 23 heavy (non-hydrogen) atoms. The number of carbonyl (C=O) groups excluding carboxylic acids is 1. The summed E-state index contributed by atoms with van der Waals surface area (Å²) < 4.78 is 5.55. The number of halogens is 1. The zero-order valence-electron chi connectivity index (χ0n) is 15.6. The van der Waals surface area contributed by atoms with Crippen LogP contribution < -0.4 is 0 Å². The number of unbranched alkanes of at least 4 members (excludes halogenated alkanes) is 10. The highest BCUT2D eigenvalue weighted by Crippen LogP contribution is 2.15. The highest BCUT2D eigenvalue weighted by Gasteiger charge is 2.11. The lowest BCUT2D eigenvalue weighted by Crippen LogP contribution is -2.17. The summed E-state index contributed by atoms with van der Waals surface area (Å²) in [5.41, 5.74) is 0. The van der Waals surface area contributed by atoms with Gasteiger partial charge in [-0.15, -0.1) is 11.6 Å². The minimum atomic E-state index is -0.0472. The van der Waals surface area contributed by atoms with E-state index in [4.69, 9.17) is 16.3 Å². The maximum atomic E-state index is 11.7. The van der Waals surface area contributed by atoms with E-state index < -0.39 is 0 Å². The van der Waals surface area contributed by atoms with Gasteiger partial charge in [0.25, 0.3) is 0 Å². The van der Waals surface area contributed by atoms with Gasteiger partial charge in [0.1, 0.15) is 6.10 Å². The van der Waals surface area contributed by atoms with Gasteiger partial charge in [-0.3, -0.25) is 4.79 Å². The van der Waals surface area contributed by atoms with Gasteiger partial charge in [-0.05, 0) is 32.1 Å². The molecule has 0 N–H and O–H groups in total. The van der Waals surface area contributed by atoms with Crippen molar-refractivity contribution in [3.05, 3.63) is 0 Å². The second kappa shape index (κ2) is 18.1. The van der Waals surface area contributed by atoms with Crippen molar-refractivity contribution in [2.75, 3.05) is 5.88 Å². The summed E-state index contributed by atoms with van der Waals surface area (Å²) in [6, 6.07) is 0. The summed E-state index contributed by atoms with van der Waals surface area (Å²) in [6.07, 6.45) is 17.8. The molecule has 0 radical (unpaired) electrons. The van der Waals surface area contributed by atoms with Gasteiger partial charge in [0, 0.05) is 12.3 Å². The van der Waals surface area contributed by atoms with Crippen LogP contribution in [0.3, 0.4) is 0 Å². The molecule has 0 aromatic heterocycles. The Bertz CT molecular complexity index is 256. The maximum absolute atomic E-state index is 11.7. The number of carbonyl (C=O) groups is 1. The summed E-state index contributed by atoms with van der Waals surface area (Å²) >= 11 is 5.62. The topological polar surface area (TPSA) is 26.3 Å². The molecule has 1 atom stereocenters. The van der Waals surface area contributed by atoms with E-state index in [1.807, 2.05) is 0 Å². The van der Waals surface area contributed by atoms with Gasteiger partial charge in [0.2, 0.25) is 0 Å². The van der Waals surface area contributed by atoms with E-state index in [0.717, 1.165) is 25.7 Å². The van der Waals surface area contributed by atoms with Crippen molar-refractivity contribution in [3.8, 4) is 0 Å². The largest absolute Gasteiger partial charge is 0.462 e. The number of rotatable bonds is 17. The molecule has 0 bridgehead atoms. The van der Waals surface area contributed by atoms with Gasteiger partial charge in [0.15, 0.2) is 0 Å². The smallest absolute Gasteiger partial charge is 0.306 e. The van der Waals surface area contributed by atoms with Crippen LogP contribution in [0.5, 0.6) is 0 Å². The van der Waals surface area contributed by atoms with E-state index in [9.17, 15) is 4.79 Å². The second-order valence-corrected chi connectivity index (χ2v) is 7.01. The molecule has 0 aromatic rings. The van der Waals surface area contributed by atoms with E-state index >= 15 is 0 Å². The predicted octanol–water partition coefficient (Wildman–Crippen LogP) is 7.03. The maximum Gasteiger partial charge on any atom is 0.306 e. The Labute approximate surface area is 149 Å². The first-order valence-corrected chi connectivity index (χ1v) is 10.5. The Morgan fingerprint density at radius 3 is 1.91 bits per heavy atom. The van der Waals surface area contributed by atoms with Crippen molar-refractivity contribution in [3.63, 3.8) is 0 Å². The Morgan fingerprint density at radius 2 is 1.39 bits per heavy atom. The van der Waals surface area contributed by atoms with Crippen LogP contribution >= 0.6 is 11.6 Å². The third kappa shape index (κ3) is 16.4. The molecule has 1 unspecified atom stereocenters. The molecule has 0 aliphatic heterocycles. The van der Waals surface area contributed by atoms with Crippen molar-refractivity contribution in [2.24, 2.45) is 0 Å². The fourth-order valence-electron chi connectivity index (χ4n) is 2.81. The Hall–Kier alpha value is -0.240. The van der Waals surface area contributed by atoms with Gasteiger partial charge < -0.3 is 4.74 Å². The van der Waals surface area contributed by atoms with E-state index in [1.165, 1.54) is 64.2 Å². The molecule has 0 aliphatic rings. The third-order valence-corrected chi connectivity index (χ3v) is 4.66. The standard InChI is InChI=1S/C20H39ClO2/c1-3-5-6-7-8-9-10-11-12-13-16-19(4-2)23-20(22)17-14-15-18-21/h19H,3-18H2,1-2H3. The number of esters is 1. The minimum absolute atomic E-state index is 0.0472. The molecule has 2 nitrogen and oxygen atoms in total. The average molecular weight is 347 g/mol. The van der Waals surface area contributed by atoms with E-state index in [1.54, 1.807) is 0 Å². The number of alkyl halides is 1. The summed E-state index contributed by atoms with van der Waals surface area (Å²) in [6.45, 7) is 4.37. The molecule has 0 saturated carbocycles. The number of ether oxygens (including phenoxy) is 1. The van der Waals surface area contributed by atoms with Crippen LogP contribution in [0.2, 0.25) is 0 Å². The van der Waals surface area contributed by atoms with Crippen LogP contribution in [0.1, 0.15) is 110 Å². The summed E-state index contributed by atoms with van der Waals surface area (Å²) in [4.78, 5) is 11.7. The van der Waals surface area contributed by atoms with Crippen LogP contribution in [0.4, 0.5) is 0 Å². The third-order valence-electron chi connectivity index (χ3n) is 4.40. The second-order valence-electron chi connectivity index (χ2n) is 6.64. The molecule has 0 saturated heterocycles. The molecule has 0 rings (SSSR count). The van der Waals surface area contributed by atoms with Crippen molar-refractivity contribution in [1.82, 2.24) is 0 Å². The molecular weight excluding hydrogens is 308 g/mol. The molecule has 0 amide bonds. The molecule has 3 heteroatoms. The van der Waals surface area contributed by atoms with Crippen LogP contribution in [0.25, 0.3) is 0 Å². The lowest BCUT2D eigenvalue weighted by Gasteiger charge is -2.16. The molecule has 138 valence electrons. The quantitative estimate of drug-likeness (QED) is 0.160. The van der Waals surface area contributed by atoms with E-state index in [-0.39, 0.29) is 12.1 Å². The fourth-order valence-corrected chi connectivity index (χ4v) is 3.00. The summed E-state index contributed by atoms with van der Waals surface area (Å²) in [7, 11) is 0. The fraction of sp³-hybridized carbons (Fsp3) is 0.950. The van der Waals surface area contributed by atoms with Crippen LogP contribution in [0, 0.1) is 0 Å². The van der Waals surface area contributed by atoms with Crippen LogP contribution in [-0.2, 0) is 9.53 Å². The number of hydrogen-bond donors (Lipinski definition) is 0. The molecule has 0 fully saturated rings. The summed E-state index contributed by atoms with van der Waals surface area (Å²) in [5.74, 6) is 0.581. The summed E-state index contributed by atoms with van der Waals surface area (Å²) in [5, 5.41) is 0. The SMILES string of the molecule is CCCCCCCCCCCCC(CC)OC(=O)CCCCCl. The lowest BCUT2D eigenvalue weighted by molar-refractivity contribution is -0.149. The highest BCUT2D eigenvalue weighted by atomic mass is 35.5. The van der Waals surface area contributed by atoms with Gasteiger partial charge in [-0.2, -0.15) is 0 Å². The Balaban J connectivity index is 3.44. The van der Waals surface area contributed by atoms with Gasteiger partial charge >= 0.3 is 5.97 Å². The molecule has 0 heterocycles. The van der Waals surface area contributed by atoms with E-state index in [2.05, 4.69) is 13.8 Å². The Kier molecular flexibility index (Phi) is 17.9. The predicted molar refractivity (Wildman–Crippen MR) is 101 cm³/mol. The molecule has 0 spiro atoms. The zero-order valence-corrected chi connectivity index (χ0v) is 16.3. The average Bonchev–Trinajstić information content (AvgIpc) is 2.55. The highest BCUT2D eigenvalue weighted by molar-refractivity contribution is 6.17. The monoisotopic (exact) mass is 346 g/mol. The lowest BCUT2D eigenvalue weighted by atomic mass is 10.0. The Morgan fingerprint density at radius 1 is 0.826 bits per heavy atom. The zero-order chi connectivity index (χ0) is 17.2. The first-order chi connectivity index (χ1) is 11.2. The van der Waals surface area contributed by atoms with Gasteiger partial charge in [-0.25, -0.2) is 0 Å².